The molecule has 4 nitrogen and oxygen atoms in total. The zero-order valence-electron chi connectivity index (χ0n) is 10.1. The summed E-state index contributed by atoms with van der Waals surface area (Å²) in [6, 6.07) is 0.0138. The molecule has 0 aromatic heterocycles. The first-order valence-corrected chi connectivity index (χ1v) is 5.85. The lowest BCUT2D eigenvalue weighted by Gasteiger charge is -2.48. The average molecular weight is 224 g/mol. The minimum Gasteiger partial charge on any atom is -0.291 e. The lowest BCUT2D eigenvalue weighted by atomic mass is 9.75. The van der Waals surface area contributed by atoms with Gasteiger partial charge in [0.2, 0.25) is 0 Å². The highest BCUT2D eigenvalue weighted by Gasteiger charge is 2.42. The Bertz CT molecular complexity index is 293. The first-order valence-electron chi connectivity index (χ1n) is 5.85. The third-order valence-electron chi connectivity index (χ3n) is 3.98. The van der Waals surface area contributed by atoms with E-state index in [0.29, 0.717) is 11.8 Å². The molecule has 1 unspecified atom stereocenters. The van der Waals surface area contributed by atoms with Crippen molar-refractivity contribution >= 4 is 5.91 Å². The van der Waals surface area contributed by atoms with Crippen molar-refractivity contribution in [3.8, 4) is 0 Å². The Hall–Kier alpha value is -0.870. The molecule has 0 radical (unpaired) electrons. The minimum absolute atomic E-state index is 0.0138. The van der Waals surface area contributed by atoms with Gasteiger partial charge in [-0.2, -0.15) is 0 Å². The second-order valence-electron chi connectivity index (χ2n) is 4.71. The van der Waals surface area contributed by atoms with Crippen LogP contribution in [0.15, 0.2) is 12.7 Å². The smallest absolute Gasteiger partial charge is 0.263 e. The van der Waals surface area contributed by atoms with E-state index in [2.05, 4.69) is 11.5 Å². The van der Waals surface area contributed by atoms with Gasteiger partial charge in [0.1, 0.15) is 0 Å². The second-order valence-corrected chi connectivity index (χ2v) is 4.71. The Labute approximate surface area is 96.8 Å². The van der Waals surface area contributed by atoms with Gasteiger partial charge in [0, 0.05) is 13.6 Å². The maximum absolute atomic E-state index is 12.0. The van der Waals surface area contributed by atoms with Crippen LogP contribution >= 0.6 is 0 Å². The van der Waals surface area contributed by atoms with E-state index >= 15 is 0 Å². The Kier molecular flexibility index (Phi) is 3.30. The molecule has 3 fully saturated rings. The summed E-state index contributed by atoms with van der Waals surface area (Å²) in [4.78, 5) is 19.3. The Morgan fingerprint density at radius 3 is 2.88 bits per heavy atom. The molecular weight excluding hydrogens is 204 g/mol. The van der Waals surface area contributed by atoms with Crippen molar-refractivity contribution in [3.63, 3.8) is 0 Å². The number of rotatable bonds is 3. The summed E-state index contributed by atoms with van der Waals surface area (Å²) in [5.41, 5.74) is 0. The Morgan fingerprint density at radius 1 is 1.62 bits per heavy atom. The molecule has 3 aliphatic heterocycles. The van der Waals surface area contributed by atoms with Crippen LogP contribution in [0.2, 0.25) is 0 Å². The summed E-state index contributed by atoms with van der Waals surface area (Å²) in [6.45, 7) is 5.88. The highest BCUT2D eigenvalue weighted by Crippen LogP contribution is 2.37. The third kappa shape index (κ3) is 1.87. The first-order chi connectivity index (χ1) is 7.67. The van der Waals surface area contributed by atoms with Crippen molar-refractivity contribution < 1.29 is 9.63 Å². The lowest BCUT2D eigenvalue weighted by Crippen LogP contribution is -2.58. The molecule has 2 bridgehead atoms. The molecule has 16 heavy (non-hydrogen) atoms. The van der Waals surface area contributed by atoms with Gasteiger partial charge in [0.15, 0.2) is 0 Å². The molecule has 3 rings (SSSR count). The summed E-state index contributed by atoms with van der Waals surface area (Å²) < 4.78 is 0. The van der Waals surface area contributed by atoms with Crippen molar-refractivity contribution in [1.29, 1.82) is 0 Å². The van der Waals surface area contributed by atoms with Crippen LogP contribution in [0, 0.1) is 11.8 Å². The number of hydrogen-bond acceptors (Lipinski definition) is 3. The van der Waals surface area contributed by atoms with E-state index in [-0.39, 0.29) is 11.9 Å². The molecule has 0 aromatic carbocycles. The highest BCUT2D eigenvalue weighted by atomic mass is 16.7. The van der Waals surface area contributed by atoms with Crippen LogP contribution in [0.25, 0.3) is 0 Å². The van der Waals surface area contributed by atoms with E-state index in [4.69, 9.17) is 4.84 Å². The molecule has 3 aliphatic rings. The van der Waals surface area contributed by atoms with E-state index < -0.39 is 0 Å². The van der Waals surface area contributed by atoms with Gasteiger partial charge in [-0.1, -0.05) is 6.08 Å². The summed E-state index contributed by atoms with van der Waals surface area (Å²) in [6.07, 6.45) is 4.18. The number of piperidine rings is 3. The van der Waals surface area contributed by atoms with Gasteiger partial charge in [-0.3, -0.25) is 14.5 Å². The predicted octanol–water partition coefficient (Wildman–Crippen LogP) is 0.903. The number of hydrogen-bond donors (Lipinski definition) is 0. The van der Waals surface area contributed by atoms with Crippen LogP contribution in [0.5, 0.6) is 0 Å². The summed E-state index contributed by atoms with van der Waals surface area (Å²) in [7, 11) is 3.21. The molecule has 90 valence electrons. The lowest BCUT2D eigenvalue weighted by molar-refractivity contribution is -0.179. The fourth-order valence-electron chi connectivity index (χ4n) is 2.89. The maximum Gasteiger partial charge on any atom is 0.263 e. The number of nitrogens with zero attached hydrogens (tertiary/aromatic N) is 2. The van der Waals surface area contributed by atoms with E-state index in [0.717, 1.165) is 19.5 Å². The SMILES string of the molecule is C=C[C@H]1CN2CC[C@H]1C[C@@H]2C(=O)N(C)OC. The molecule has 4 heteroatoms. The molecule has 0 aliphatic carbocycles. The normalized spacial score (nSPS) is 37.1. The molecule has 3 heterocycles. The first kappa shape index (κ1) is 11.6. The third-order valence-corrected chi connectivity index (χ3v) is 3.98. The van der Waals surface area contributed by atoms with Gasteiger partial charge in [0.25, 0.3) is 5.91 Å². The minimum atomic E-state index is 0.0138. The number of hydroxylamine groups is 2. The van der Waals surface area contributed by atoms with Crippen molar-refractivity contribution in [2.45, 2.75) is 18.9 Å². The van der Waals surface area contributed by atoms with E-state index in [1.165, 1.54) is 18.6 Å². The Morgan fingerprint density at radius 2 is 2.38 bits per heavy atom. The molecule has 0 saturated carbocycles. The quantitative estimate of drug-likeness (QED) is 0.527. The number of carbonyl (C=O) groups excluding carboxylic acids is 1. The summed E-state index contributed by atoms with van der Waals surface area (Å²) in [5.74, 6) is 1.27. The highest BCUT2D eigenvalue weighted by molar-refractivity contribution is 5.81. The van der Waals surface area contributed by atoms with Crippen LogP contribution < -0.4 is 0 Å². The van der Waals surface area contributed by atoms with E-state index in [1.807, 2.05) is 6.08 Å². The van der Waals surface area contributed by atoms with Gasteiger partial charge in [0.05, 0.1) is 13.2 Å². The second kappa shape index (κ2) is 4.55. The predicted molar refractivity (Wildman–Crippen MR) is 61.6 cm³/mol. The number of fused-ring (bicyclic) bond motifs is 3. The molecule has 0 aromatic rings. The zero-order chi connectivity index (χ0) is 11.7. The summed E-state index contributed by atoms with van der Waals surface area (Å²) >= 11 is 0. The molecule has 4 atom stereocenters. The number of likely N-dealkylation sites (N-methyl/N-ethyl adjacent to an activating group) is 1. The van der Waals surface area contributed by atoms with Crippen LogP contribution in [0.3, 0.4) is 0 Å². The molecule has 1 amide bonds. The zero-order valence-corrected chi connectivity index (χ0v) is 10.1. The number of amides is 1. The van der Waals surface area contributed by atoms with Gasteiger partial charge in [-0.05, 0) is 31.2 Å². The average Bonchev–Trinajstić information content (AvgIpc) is 2.37. The topological polar surface area (TPSA) is 32.8 Å². The van der Waals surface area contributed by atoms with Crippen LogP contribution in [-0.2, 0) is 9.63 Å². The molecule has 0 N–H and O–H groups in total. The summed E-state index contributed by atoms with van der Waals surface area (Å²) in [5, 5.41) is 1.34. The van der Waals surface area contributed by atoms with Crippen molar-refractivity contribution in [3.05, 3.63) is 12.7 Å². The van der Waals surface area contributed by atoms with Crippen LogP contribution in [-0.4, -0.2) is 49.2 Å². The van der Waals surface area contributed by atoms with E-state index in [9.17, 15) is 4.79 Å². The van der Waals surface area contributed by atoms with Crippen molar-refractivity contribution in [1.82, 2.24) is 9.96 Å². The van der Waals surface area contributed by atoms with Crippen LogP contribution in [0.1, 0.15) is 12.8 Å². The maximum atomic E-state index is 12.0. The molecule has 3 saturated heterocycles. The van der Waals surface area contributed by atoms with Crippen LogP contribution in [0.4, 0.5) is 0 Å². The Balaban J connectivity index is 2.05. The van der Waals surface area contributed by atoms with Gasteiger partial charge in [-0.25, -0.2) is 5.06 Å². The standard InChI is InChI=1S/C12H20N2O2/c1-4-9-8-14-6-5-10(9)7-11(14)12(15)13(2)16-3/h4,9-11H,1,5-8H2,2-3H3/t9-,10-,11+/m0/s1. The monoisotopic (exact) mass is 224 g/mol. The molecule has 0 spiro atoms. The number of carbonyl (C=O) groups is 1. The molecular formula is C12H20N2O2. The van der Waals surface area contributed by atoms with Gasteiger partial charge < -0.3 is 0 Å². The van der Waals surface area contributed by atoms with Crippen molar-refractivity contribution in [2.24, 2.45) is 11.8 Å². The van der Waals surface area contributed by atoms with Gasteiger partial charge >= 0.3 is 0 Å². The largest absolute Gasteiger partial charge is 0.291 e. The van der Waals surface area contributed by atoms with Crippen molar-refractivity contribution in [2.75, 3.05) is 27.2 Å². The fourth-order valence-corrected chi connectivity index (χ4v) is 2.89. The fraction of sp³-hybridized carbons (Fsp3) is 0.750. The van der Waals surface area contributed by atoms with E-state index in [1.54, 1.807) is 7.05 Å². The van der Waals surface area contributed by atoms with Gasteiger partial charge in [-0.15, -0.1) is 6.58 Å².